The SMILES string of the molecule is CCOc1ccc(C=NNC(=O)Cc2ccccc2)cc1. The molecule has 0 atom stereocenters. The molecule has 2 aromatic rings. The maximum absolute atomic E-state index is 11.7. The Bertz CT molecular complexity index is 592. The molecule has 0 heterocycles. The lowest BCUT2D eigenvalue weighted by Crippen LogP contribution is -2.19. The van der Waals surface area contributed by atoms with Gasteiger partial charge in [-0.2, -0.15) is 5.10 Å². The van der Waals surface area contributed by atoms with Crippen LogP contribution in [0.3, 0.4) is 0 Å². The number of nitrogens with zero attached hydrogens (tertiary/aromatic N) is 1. The number of carbonyl (C=O) groups excluding carboxylic acids is 1. The fraction of sp³-hybridized carbons (Fsp3) is 0.176. The van der Waals surface area contributed by atoms with Gasteiger partial charge in [0.05, 0.1) is 19.2 Å². The maximum Gasteiger partial charge on any atom is 0.244 e. The highest BCUT2D eigenvalue weighted by molar-refractivity contribution is 5.83. The third kappa shape index (κ3) is 5.10. The van der Waals surface area contributed by atoms with E-state index in [2.05, 4.69) is 10.5 Å². The van der Waals surface area contributed by atoms with Crippen molar-refractivity contribution in [1.29, 1.82) is 0 Å². The molecule has 4 nitrogen and oxygen atoms in total. The van der Waals surface area contributed by atoms with Gasteiger partial charge in [0.15, 0.2) is 0 Å². The minimum atomic E-state index is -0.136. The molecule has 0 aromatic heterocycles. The number of hydrogen-bond donors (Lipinski definition) is 1. The number of carbonyl (C=O) groups is 1. The molecule has 0 aliphatic carbocycles. The molecule has 0 saturated carbocycles. The third-order valence-electron chi connectivity index (χ3n) is 2.80. The van der Waals surface area contributed by atoms with Crippen molar-refractivity contribution in [2.45, 2.75) is 13.3 Å². The zero-order chi connectivity index (χ0) is 14.9. The topological polar surface area (TPSA) is 50.7 Å². The van der Waals surface area contributed by atoms with E-state index in [0.717, 1.165) is 16.9 Å². The molecule has 0 unspecified atom stereocenters. The van der Waals surface area contributed by atoms with Crippen LogP contribution in [0.5, 0.6) is 5.75 Å². The molecule has 2 aromatic carbocycles. The average molecular weight is 282 g/mol. The van der Waals surface area contributed by atoms with Gasteiger partial charge in [-0.3, -0.25) is 4.79 Å². The number of rotatable bonds is 6. The van der Waals surface area contributed by atoms with E-state index in [-0.39, 0.29) is 5.91 Å². The van der Waals surface area contributed by atoms with Gasteiger partial charge in [-0.15, -0.1) is 0 Å². The lowest BCUT2D eigenvalue weighted by atomic mass is 10.1. The van der Waals surface area contributed by atoms with Gasteiger partial charge in [-0.1, -0.05) is 30.3 Å². The van der Waals surface area contributed by atoms with Gasteiger partial charge in [-0.25, -0.2) is 5.43 Å². The largest absolute Gasteiger partial charge is 0.494 e. The average Bonchev–Trinajstić information content (AvgIpc) is 2.50. The Balaban J connectivity index is 1.83. The van der Waals surface area contributed by atoms with Crippen LogP contribution in [0.15, 0.2) is 59.7 Å². The molecule has 2 rings (SSSR count). The number of nitrogens with one attached hydrogen (secondary N) is 1. The monoisotopic (exact) mass is 282 g/mol. The van der Waals surface area contributed by atoms with Crippen LogP contribution in [0, 0.1) is 0 Å². The summed E-state index contributed by atoms with van der Waals surface area (Å²) in [5.74, 6) is 0.686. The van der Waals surface area contributed by atoms with Gasteiger partial charge in [0, 0.05) is 0 Å². The van der Waals surface area contributed by atoms with Crippen LogP contribution in [0.4, 0.5) is 0 Å². The van der Waals surface area contributed by atoms with E-state index in [1.54, 1.807) is 6.21 Å². The van der Waals surface area contributed by atoms with Gasteiger partial charge < -0.3 is 4.74 Å². The molecule has 0 saturated heterocycles. The highest BCUT2D eigenvalue weighted by atomic mass is 16.5. The van der Waals surface area contributed by atoms with Gasteiger partial charge in [0.25, 0.3) is 0 Å². The smallest absolute Gasteiger partial charge is 0.244 e. The summed E-state index contributed by atoms with van der Waals surface area (Å²) in [7, 11) is 0. The van der Waals surface area contributed by atoms with E-state index >= 15 is 0 Å². The zero-order valence-corrected chi connectivity index (χ0v) is 12.0. The van der Waals surface area contributed by atoms with Crippen LogP contribution in [-0.2, 0) is 11.2 Å². The number of ether oxygens (including phenoxy) is 1. The van der Waals surface area contributed by atoms with Crippen molar-refractivity contribution in [3.63, 3.8) is 0 Å². The van der Waals surface area contributed by atoms with Gasteiger partial charge in [0.2, 0.25) is 5.91 Å². The second-order valence-electron chi connectivity index (χ2n) is 4.46. The summed E-state index contributed by atoms with van der Waals surface area (Å²) < 4.78 is 5.36. The van der Waals surface area contributed by atoms with E-state index < -0.39 is 0 Å². The molecular weight excluding hydrogens is 264 g/mol. The van der Waals surface area contributed by atoms with Crippen LogP contribution in [0.2, 0.25) is 0 Å². The molecule has 0 spiro atoms. The summed E-state index contributed by atoms with van der Waals surface area (Å²) >= 11 is 0. The summed E-state index contributed by atoms with van der Waals surface area (Å²) in [5, 5.41) is 3.95. The molecule has 0 bridgehead atoms. The molecule has 4 heteroatoms. The minimum absolute atomic E-state index is 0.136. The number of benzene rings is 2. The molecule has 108 valence electrons. The first kappa shape index (κ1) is 14.8. The summed E-state index contributed by atoms with van der Waals surface area (Å²) in [4.78, 5) is 11.7. The van der Waals surface area contributed by atoms with Crippen molar-refractivity contribution < 1.29 is 9.53 Å². The van der Waals surface area contributed by atoms with Crippen LogP contribution in [0.25, 0.3) is 0 Å². The Morgan fingerprint density at radius 1 is 1.14 bits per heavy atom. The Hall–Kier alpha value is -2.62. The molecule has 21 heavy (non-hydrogen) atoms. The van der Waals surface area contributed by atoms with E-state index in [9.17, 15) is 4.79 Å². The normalized spacial score (nSPS) is 10.5. The highest BCUT2D eigenvalue weighted by Crippen LogP contribution is 2.10. The molecular formula is C17H18N2O2. The molecule has 0 aliphatic rings. The predicted molar refractivity (Wildman–Crippen MR) is 83.5 cm³/mol. The van der Waals surface area contributed by atoms with Crippen LogP contribution in [0.1, 0.15) is 18.1 Å². The predicted octanol–water partition coefficient (Wildman–Crippen LogP) is 2.78. The van der Waals surface area contributed by atoms with E-state index in [1.807, 2.05) is 61.5 Å². The minimum Gasteiger partial charge on any atom is -0.494 e. The number of hydrazone groups is 1. The fourth-order valence-electron chi connectivity index (χ4n) is 1.82. The summed E-state index contributed by atoms with van der Waals surface area (Å²) in [6, 6.07) is 17.1. The fourth-order valence-corrected chi connectivity index (χ4v) is 1.82. The van der Waals surface area contributed by atoms with E-state index in [1.165, 1.54) is 0 Å². The number of hydrogen-bond acceptors (Lipinski definition) is 3. The Kier molecular flexibility index (Phi) is 5.52. The molecule has 0 aliphatic heterocycles. The molecule has 1 N–H and O–H groups in total. The zero-order valence-electron chi connectivity index (χ0n) is 12.0. The highest BCUT2D eigenvalue weighted by Gasteiger charge is 2.00. The first-order valence-electron chi connectivity index (χ1n) is 6.86. The molecule has 0 fully saturated rings. The summed E-state index contributed by atoms with van der Waals surface area (Å²) in [5.41, 5.74) is 4.38. The first-order valence-corrected chi connectivity index (χ1v) is 6.86. The third-order valence-corrected chi connectivity index (χ3v) is 2.80. The maximum atomic E-state index is 11.7. The van der Waals surface area contributed by atoms with Crippen molar-refractivity contribution in [3.05, 3.63) is 65.7 Å². The van der Waals surface area contributed by atoms with E-state index in [0.29, 0.717) is 13.0 Å². The van der Waals surface area contributed by atoms with Gasteiger partial charge in [0.1, 0.15) is 5.75 Å². The van der Waals surface area contributed by atoms with E-state index in [4.69, 9.17) is 4.74 Å². The van der Waals surface area contributed by atoms with Crippen LogP contribution < -0.4 is 10.2 Å². The second kappa shape index (κ2) is 7.85. The number of amides is 1. The standard InChI is InChI=1S/C17H18N2O2/c1-2-21-16-10-8-15(9-11-16)13-18-19-17(20)12-14-6-4-3-5-7-14/h3-11,13H,2,12H2,1H3,(H,19,20). The van der Waals surface area contributed by atoms with Gasteiger partial charge in [-0.05, 0) is 42.3 Å². The molecule has 0 radical (unpaired) electrons. The Morgan fingerprint density at radius 2 is 1.86 bits per heavy atom. The summed E-state index contributed by atoms with van der Waals surface area (Å²) in [6.07, 6.45) is 1.93. The van der Waals surface area contributed by atoms with Crippen LogP contribution in [-0.4, -0.2) is 18.7 Å². The van der Waals surface area contributed by atoms with Crippen molar-refractivity contribution >= 4 is 12.1 Å². The van der Waals surface area contributed by atoms with Crippen molar-refractivity contribution in [3.8, 4) is 5.75 Å². The van der Waals surface area contributed by atoms with Crippen LogP contribution >= 0.6 is 0 Å². The van der Waals surface area contributed by atoms with Gasteiger partial charge >= 0.3 is 0 Å². The first-order chi connectivity index (χ1) is 10.3. The van der Waals surface area contributed by atoms with Crippen molar-refractivity contribution in [2.24, 2.45) is 5.10 Å². The lowest BCUT2D eigenvalue weighted by Gasteiger charge is -2.02. The summed E-state index contributed by atoms with van der Waals surface area (Å²) in [6.45, 7) is 2.58. The Morgan fingerprint density at radius 3 is 2.52 bits per heavy atom. The van der Waals surface area contributed by atoms with Crippen molar-refractivity contribution in [1.82, 2.24) is 5.43 Å². The lowest BCUT2D eigenvalue weighted by molar-refractivity contribution is -0.120. The quantitative estimate of drug-likeness (QED) is 0.654. The Labute approximate surface area is 124 Å². The molecule has 1 amide bonds. The second-order valence-corrected chi connectivity index (χ2v) is 4.46. The van der Waals surface area contributed by atoms with Crippen molar-refractivity contribution in [2.75, 3.05) is 6.61 Å².